The second kappa shape index (κ2) is 6.14. The zero-order valence-electron chi connectivity index (χ0n) is 11.3. The molecule has 0 saturated carbocycles. The molecule has 3 rings (SSSR count). The van der Waals surface area contributed by atoms with Crippen molar-refractivity contribution in [1.29, 1.82) is 0 Å². The van der Waals surface area contributed by atoms with Crippen molar-refractivity contribution in [2.45, 2.75) is 31.9 Å². The molecule has 1 aliphatic carbocycles. The summed E-state index contributed by atoms with van der Waals surface area (Å²) in [6.07, 6.45) is 3.41. The smallest absolute Gasteiger partial charge is 0.120 e. The Kier molecular flexibility index (Phi) is 4.27. The highest BCUT2D eigenvalue weighted by molar-refractivity contribution is 14.1. The number of aryl methyl sites for hydroxylation is 1. The predicted molar refractivity (Wildman–Crippen MR) is 89.8 cm³/mol. The van der Waals surface area contributed by atoms with E-state index in [1.807, 2.05) is 0 Å². The lowest BCUT2D eigenvalue weighted by atomic mass is 9.88. The largest absolute Gasteiger partial charge is 0.489 e. The van der Waals surface area contributed by atoms with Gasteiger partial charge in [-0.15, -0.1) is 0 Å². The van der Waals surface area contributed by atoms with Crippen molar-refractivity contribution in [2.75, 3.05) is 0 Å². The second-order valence-corrected chi connectivity index (χ2v) is 6.52. The van der Waals surface area contributed by atoms with Crippen molar-refractivity contribution >= 4 is 22.6 Å². The first-order valence-corrected chi connectivity index (χ1v) is 8.06. The zero-order valence-corrected chi connectivity index (χ0v) is 13.5. The van der Waals surface area contributed by atoms with Crippen LogP contribution in [0.15, 0.2) is 42.5 Å². The number of halogens is 1. The second-order valence-electron chi connectivity index (χ2n) is 5.27. The lowest BCUT2D eigenvalue weighted by Crippen LogP contribution is -2.17. The van der Waals surface area contributed by atoms with Gasteiger partial charge in [-0.3, -0.25) is 0 Å². The van der Waals surface area contributed by atoms with Gasteiger partial charge < -0.3 is 10.5 Å². The average molecular weight is 379 g/mol. The summed E-state index contributed by atoms with van der Waals surface area (Å²) >= 11 is 2.31. The predicted octanol–water partition coefficient (Wildman–Crippen LogP) is 4.21. The number of ether oxygens (including phenoxy) is 1. The van der Waals surface area contributed by atoms with Crippen molar-refractivity contribution in [3.8, 4) is 5.75 Å². The van der Waals surface area contributed by atoms with Gasteiger partial charge in [0.25, 0.3) is 0 Å². The van der Waals surface area contributed by atoms with Crippen LogP contribution < -0.4 is 10.5 Å². The molecule has 1 aliphatic rings. The molecule has 20 heavy (non-hydrogen) atoms. The third kappa shape index (κ3) is 3.15. The standard InChI is InChI=1S/C17H18INO/c18-14-7-4-12(5-8-14)11-20-15-9-6-13-2-1-3-17(19)16(13)10-15/h4-10,17H,1-3,11,19H2/t17-/m0/s1. The Bertz CT molecular complexity index is 594. The average Bonchev–Trinajstić information content (AvgIpc) is 2.47. The summed E-state index contributed by atoms with van der Waals surface area (Å²) in [6, 6.07) is 14.9. The van der Waals surface area contributed by atoms with Gasteiger partial charge in [-0.2, -0.15) is 0 Å². The molecule has 0 saturated heterocycles. The quantitative estimate of drug-likeness (QED) is 0.812. The van der Waals surface area contributed by atoms with Crippen molar-refractivity contribution in [2.24, 2.45) is 5.73 Å². The van der Waals surface area contributed by atoms with E-state index in [4.69, 9.17) is 10.5 Å². The number of benzene rings is 2. The molecule has 2 aromatic carbocycles. The van der Waals surface area contributed by atoms with Crippen LogP contribution in [0.2, 0.25) is 0 Å². The van der Waals surface area contributed by atoms with E-state index in [1.165, 1.54) is 26.7 Å². The van der Waals surface area contributed by atoms with Crippen LogP contribution >= 0.6 is 22.6 Å². The molecular formula is C17H18INO. The minimum Gasteiger partial charge on any atom is -0.489 e. The maximum atomic E-state index is 6.18. The molecule has 2 N–H and O–H groups in total. The molecule has 0 heterocycles. The molecule has 0 fully saturated rings. The van der Waals surface area contributed by atoms with E-state index >= 15 is 0 Å². The molecule has 0 radical (unpaired) electrons. The number of rotatable bonds is 3. The van der Waals surface area contributed by atoms with Gasteiger partial charge in [-0.25, -0.2) is 0 Å². The fourth-order valence-electron chi connectivity index (χ4n) is 2.65. The van der Waals surface area contributed by atoms with Gasteiger partial charge in [0.05, 0.1) is 0 Å². The van der Waals surface area contributed by atoms with E-state index in [0.717, 1.165) is 18.6 Å². The summed E-state index contributed by atoms with van der Waals surface area (Å²) in [6.45, 7) is 0.602. The van der Waals surface area contributed by atoms with Gasteiger partial charge in [-0.1, -0.05) is 18.2 Å². The third-order valence-corrected chi connectivity index (χ3v) is 4.52. The Morgan fingerprint density at radius 2 is 1.95 bits per heavy atom. The summed E-state index contributed by atoms with van der Waals surface area (Å²) in [7, 11) is 0. The molecule has 0 bridgehead atoms. The van der Waals surface area contributed by atoms with Crippen molar-refractivity contribution < 1.29 is 4.74 Å². The fourth-order valence-corrected chi connectivity index (χ4v) is 3.01. The van der Waals surface area contributed by atoms with E-state index in [9.17, 15) is 0 Å². The lowest BCUT2D eigenvalue weighted by molar-refractivity contribution is 0.305. The van der Waals surface area contributed by atoms with Gasteiger partial charge >= 0.3 is 0 Å². The van der Waals surface area contributed by atoms with Crippen LogP contribution in [0.3, 0.4) is 0 Å². The Labute approximate surface area is 133 Å². The molecule has 2 nitrogen and oxygen atoms in total. The molecule has 0 aliphatic heterocycles. The van der Waals surface area contributed by atoms with E-state index in [-0.39, 0.29) is 6.04 Å². The topological polar surface area (TPSA) is 35.2 Å². The highest BCUT2D eigenvalue weighted by Crippen LogP contribution is 2.31. The highest BCUT2D eigenvalue weighted by Gasteiger charge is 2.17. The van der Waals surface area contributed by atoms with Crippen LogP contribution in [-0.4, -0.2) is 0 Å². The number of nitrogens with two attached hydrogens (primary N) is 1. The van der Waals surface area contributed by atoms with Crippen LogP contribution in [0.5, 0.6) is 5.75 Å². The maximum absolute atomic E-state index is 6.18. The summed E-state index contributed by atoms with van der Waals surface area (Å²) in [5.74, 6) is 0.916. The first-order chi connectivity index (χ1) is 9.72. The fraction of sp³-hybridized carbons (Fsp3) is 0.294. The Morgan fingerprint density at radius 3 is 2.75 bits per heavy atom. The summed E-state index contributed by atoms with van der Waals surface area (Å²) in [5.41, 5.74) is 10.0. The minimum atomic E-state index is 0.167. The van der Waals surface area contributed by atoms with Gasteiger partial charge in [0.15, 0.2) is 0 Å². The number of hydrogen-bond acceptors (Lipinski definition) is 2. The van der Waals surface area contributed by atoms with Crippen LogP contribution in [0.1, 0.15) is 35.6 Å². The van der Waals surface area contributed by atoms with Crippen LogP contribution in [0.25, 0.3) is 0 Å². The normalized spacial score (nSPS) is 17.6. The maximum Gasteiger partial charge on any atom is 0.120 e. The van der Waals surface area contributed by atoms with Crippen molar-refractivity contribution in [3.05, 3.63) is 62.7 Å². The summed E-state index contributed by atoms with van der Waals surface area (Å²) < 4.78 is 7.13. The number of hydrogen-bond donors (Lipinski definition) is 1. The zero-order chi connectivity index (χ0) is 13.9. The summed E-state index contributed by atoms with van der Waals surface area (Å²) in [5, 5.41) is 0. The highest BCUT2D eigenvalue weighted by atomic mass is 127. The number of fused-ring (bicyclic) bond motifs is 1. The first kappa shape index (κ1) is 13.9. The SMILES string of the molecule is N[C@H]1CCCc2ccc(OCc3ccc(I)cc3)cc21. The lowest BCUT2D eigenvalue weighted by Gasteiger charge is -2.22. The van der Waals surface area contributed by atoms with E-state index < -0.39 is 0 Å². The first-order valence-electron chi connectivity index (χ1n) is 6.98. The molecule has 3 heteroatoms. The monoisotopic (exact) mass is 379 g/mol. The van der Waals surface area contributed by atoms with Crippen LogP contribution in [0.4, 0.5) is 0 Å². The van der Waals surface area contributed by atoms with Gasteiger partial charge in [-0.05, 0) is 82.8 Å². The summed E-state index contributed by atoms with van der Waals surface area (Å²) in [4.78, 5) is 0. The van der Waals surface area contributed by atoms with E-state index in [2.05, 4.69) is 65.1 Å². The van der Waals surface area contributed by atoms with Gasteiger partial charge in [0.1, 0.15) is 12.4 Å². The molecule has 2 aromatic rings. The van der Waals surface area contributed by atoms with E-state index in [0.29, 0.717) is 6.61 Å². The van der Waals surface area contributed by atoms with Crippen molar-refractivity contribution in [3.63, 3.8) is 0 Å². The molecule has 104 valence electrons. The molecule has 0 aromatic heterocycles. The van der Waals surface area contributed by atoms with Crippen LogP contribution in [0, 0.1) is 3.57 Å². The minimum absolute atomic E-state index is 0.167. The molecule has 1 atom stereocenters. The molecule has 0 unspecified atom stereocenters. The van der Waals surface area contributed by atoms with Gasteiger partial charge in [0.2, 0.25) is 0 Å². The third-order valence-electron chi connectivity index (χ3n) is 3.80. The molecule has 0 amide bonds. The Morgan fingerprint density at radius 1 is 1.15 bits per heavy atom. The Balaban J connectivity index is 1.72. The molecular weight excluding hydrogens is 361 g/mol. The van der Waals surface area contributed by atoms with Crippen LogP contribution in [-0.2, 0) is 13.0 Å². The van der Waals surface area contributed by atoms with Crippen molar-refractivity contribution in [1.82, 2.24) is 0 Å². The Hall–Kier alpha value is -1.07. The molecule has 0 spiro atoms. The van der Waals surface area contributed by atoms with Gasteiger partial charge in [0, 0.05) is 9.61 Å². The van der Waals surface area contributed by atoms with E-state index in [1.54, 1.807) is 0 Å².